The maximum Gasteiger partial charge on any atom is 0.250 e. The molecule has 1 aromatic carbocycles. The number of aromatic nitrogens is 1. The van der Waals surface area contributed by atoms with Crippen molar-refractivity contribution in [3.8, 4) is 0 Å². The number of aliphatic hydroxyl groups excluding tert-OH is 1. The maximum absolute atomic E-state index is 12.8. The number of carbonyl (C=O) groups is 1. The molecule has 0 spiro atoms. The van der Waals surface area contributed by atoms with Crippen LogP contribution in [0.15, 0.2) is 58.4 Å². The molecule has 2 aromatic rings. The van der Waals surface area contributed by atoms with Gasteiger partial charge in [0.2, 0.25) is 5.91 Å². The van der Waals surface area contributed by atoms with Crippen molar-refractivity contribution in [2.45, 2.75) is 17.5 Å². The lowest BCUT2D eigenvalue weighted by atomic mass is 10.3. The fraction of sp³-hybridized carbons (Fsp3) is 0.250. The van der Waals surface area contributed by atoms with E-state index in [1.54, 1.807) is 30.5 Å². The minimum Gasteiger partial charge on any atom is -0.389 e. The molecule has 5 nitrogen and oxygen atoms in total. The number of benzene rings is 1. The lowest BCUT2D eigenvalue weighted by Crippen LogP contribution is -2.37. The van der Waals surface area contributed by atoms with Crippen LogP contribution in [0.1, 0.15) is 0 Å². The van der Waals surface area contributed by atoms with Gasteiger partial charge in [-0.15, -0.1) is 11.8 Å². The molecule has 1 heterocycles. The molecule has 0 aliphatic heterocycles. The highest BCUT2D eigenvalue weighted by Gasteiger charge is 2.09. The van der Waals surface area contributed by atoms with Crippen LogP contribution in [0, 0.1) is 5.82 Å². The highest BCUT2D eigenvalue weighted by molar-refractivity contribution is 8.00. The van der Waals surface area contributed by atoms with E-state index >= 15 is 0 Å². The smallest absolute Gasteiger partial charge is 0.250 e. The molecular formula is C16H17FN2O3S. The summed E-state index contributed by atoms with van der Waals surface area (Å²) in [5.41, 5.74) is -0.204. The number of nitrogens with one attached hydrogen (secondary N) is 1. The Morgan fingerprint density at radius 2 is 2.00 bits per heavy atom. The first-order chi connectivity index (χ1) is 11.0. The molecule has 1 amide bonds. The predicted octanol–water partition coefficient (Wildman–Crippen LogP) is 1.26. The minimum absolute atomic E-state index is 0.0597. The zero-order valence-electron chi connectivity index (χ0n) is 12.3. The molecular weight excluding hydrogens is 319 g/mol. The molecule has 2 N–H and O–H groups in total. The molecule has 122 valence electrons. The van der Waals surface area contributed by atoms with Crippen molar-refractivity contribution < 1.29 is 14.3 Å². The van der Waals surface area contributed by atoms with Gasteiger partial charge in [0.05, 0.1) is 18.4 Å². The van der Waals surface area contributed by atoms with Gasteiger partial charge in [-0.05, 0) is 30.3 Å². The van der Waals surface area contributed by atoms with Gasteiger partial charge in [-0.2, -0.15) is 0 Å². The first-order valence-corrected chi connectivity index (χ1v) is 8.02. The van der Waals surface area contributed by atoms with Crippen LogP contribution >= 0.6 is 11.8 Å². The van der Waals surface area contributed by atoms with Gasteiger partial charge in [0, 0.05) is 23.7 Å². The molecule has 0 bridgehead atoms. The van der Waals surface area contributed by atoms with Crippen LogP contribution in [-0.2, 0) is 11.3 Å². The number of amides is 1. The molecule has 0 saturated carbocycles. The third-order valence-electron chi connectivity index (χ3n) is 3.02. The molecule has 0 aliphatic rings. The molecule has 2 rings (SSSR count). The largest absolute Gasteiger partial charge is 0.389 e. The quantitative estimate of drug-likeness (QED) is 0.747. The second kappa shape index (κ2) is 8.50. The van der Waals surface area contributed by atoms with Gasteiger partial charge in [-0.25, -0.2) is 4.39 Å². The van der Waals surface area contributed by atoms with Gasteiger partial charge < -0.3 is 15.0 Å². The second-order valence-corrected chi connectivity index (χ2v) is 5.94. The normalized spacial score (nSPS) is 11.9. The van der Waals surface area contributed by atoms with E-state index in [1.165, 1.54) is 34.5 Å². The van der Waals surface area contributed by atoms with Gasteiger partial charge in [-0.1, -0.05) is 6.07 Å². The van der Waals surface area contributed by atoms with Crippen LogP contribution < -0.4 is 10.9 Å². The summed E-state index contributed by atoms with van der Waals surface area (Å²) in [7, 11) is 0. The summed E-state index contributed by atoms with van der Waals surface area (Å²) in [5, 5.41) is 12.5. The second-order valence-electron chi connectivity index (χ2n) is 4.89. The van der Waals surface area contributed by atoms with Crippen LogP contribution in [0.2, 0.25) is 0 Å². The number of hydrogen-bond acceptors (Lipinski definition) is 4. The molecule has 23 heavy (non-hydrogen) atoms. The van der Waals surface area contributed by atoms with Crippen LogP contribution in [-0.4, -0.2) is 34.0 Å². The SMILES string of the molecule is O=C(CSc1ccc(F)cc1)NC[C@H](O)Cn1ccccc1=O. The van der Waals surface area contributed by atoms with Gasteiger partial charge in [0.1, 0.15) is 5.82 Å². The summed E-state index contributed by atoms with van der Waals surface area (Å²) in [6.07, 6.45) is 0.729. The Morgan fingerprint density at radius 1 is 1.26 bits per heavy atom. The van der Waals surface area contributed by atoms with E-state index in [4.69, 9.17) is 0 Å². The monoisotopic (exact) mass is 336 g/mol. The lowest BCUT2D eigenvalue weighted by Gasteiger charge is -2.13. The highest BCUT2D eigenvalue weighted by atomic mass is 32.2. The van der Waals surface area contributed by atoms with Crippen molar-refractivity contribution in [1.29, 1.82) is 0 Å². The number of rotatable bonds is 7. The van der Waals surface area contributed by atoms with Crippen molar-refractivity contribution >= 4 is 17.7 Å². The topological polar surface area (TPSA) is 71.3 Å². The summed E-state index contributed by atoms with van der Waals surface area (Å²) in [6.45, 7) is 0.176. The van der Waals surface area contributed by atoms with Crippen molar-refractivity contribution in [2.24, 2.45) is 0 Å². The number of nitrogens with zero attached hydrogens (tertiary/aromatic N) is 1. The van der Waals surface area contributed by atoms with E-state index < -0.39 is 6.10 Å². The van der Waals surface area contributed by atoms with Crippen molar-refractivity contribution in [3.05, 3.63) is 64.8 Å². The van der Waals surface area contributed by atoms with E-state index in [2.05, 4.69) is 5.32 Å². The Morgan fingerprint density at radius 3 is 2.70 bits per heavy atom. The zero-order chi connectivity index (χ0) is 16.7. The first-order valence-electron chi connectivity index (χ1n) is 7.03. The number of carbonyl (C=O) groups excluding carboxylic acids is 1. The van der Waals surface area contributed by atoms with Crippen molar-refractivity contribution in [3.63, 3.8) is 0 Å². The third-order valence-corrected chi connectivity index (χ3v) is 4.04. The first kappa shape index (κ1) is 17.2. The van der Waals surface area contributed by atoms with Crippen molar-refractivity contribution in [1.82, 2.24) is 9.88 Å². The average molecular weight is 336 g/mol. The number of aliphatic hydroxyl groups is 1. The van der Waals surface area contributed by atoms with E-state index in [9.17, 15) is 19.1 Å². The number of pyridine rings is 1. The summed E-state index contributed by atoms with van der Waals surface area (Å²) >= 11 is 1.28. The Bertz CT molecular complexity index is 703. The summed E-state index contributed by atoms with van der Waals surface area (Å²) in [4.78, 5) is 24.0. The van der Waals surface area contributed by atoms with E-state index in [0.717, 1.165) is 4.90 Å². The molecule has 1 aromatic heterocycles. The van der Waals surface area contributed by atoms with Crippen LogP contribution in [0.4, 0.5) is 4.39 Å². The van der Waals surface area contributed by atoms with Gasteiger partial charge in [0.25, 0.3) is 5.56 Å². The van der Waals surface area contributed by atoms with E-state index in [1.807, 2.05) is 0 Å². The maximum atomic E-state index is 12.8. The number of thioether (sulfide) groups is 1. The molecule has 0 saturated heterocycles. The minimum atomic E-state index is -0.852. The standard InChI is InChI=1S/C16H17FN2O3S/c17-12-4-6-14(7-5-12)23-11-15(21)18-9-13(20)10-19-8-2-1-3-16(19)22/h1-8,13,20H,9-11H2,(H,18,21)/t13-/m0/s1. The van der Waals surface area contributed by atoms with E-state index in [0.29, 0.717) is 0 Å². The predicted molar refractivity (Wildman–Crippen MR) is 86.8 cm³/mol. The van der Waals surface area contributed by atoms with Gasteiger partial charge >= 0.3 is 0 Å². The number of halogens is 1. The summed E-state index contributed by atoms with van der Waals surface area (Å²) in [6, 6.07) is 10.6. The van der Waals surface area contributed by atoms with Crippen LogP contribution in [0.25, 0.3) is 0 Å². The molecule has 0 fully saturated rings. The third kappa shape index (κ3) is 5.88. The fourth-order valence-electron chi connectivity index (χ4n) is 1.87. The highest BCUT2D eigenvalue weighted by Crippen LogP contribution is 2.17. The molecule has 7 heteroatoms. The molecule has 0 radical (unpaired) electrons. The van der Waals surface area contributed by atoms with Crippen molar-refractivity contribution in [2.75, 3.05) is 12.3 Å². The van der Waals surface area contributed by atoms with Gasteiger partial charge in [0.15, 0.2) is 0 Å². The Labute approximate surface area is 137 Å². The fourth-order valence-corrected chi connectivity index (χ4v) is 2.59. The van der Waals surface area contributed by atoms with Gasteiger partial charge in [-0.3, -0.25) is 9.59 Å². The summed E-state index contributed by atoms with van der Waals surface area (Å²) < 4.78 is 14.1. The Hall–Kier alpha value is -2.12. The Balaban J connectivity index is 1.72. The Kier molecular flexibility index (Phi) is 6.37. The molecule has 0 unspecified atom stereocenters. The summed E-state index contributed by atoms with van der Waals surface area (Å²) in [5.74, 6) is -0.388. The average Bonchev–Trinajstić information content (AvgIpc) is 2.54. The molecule has 0 aliphatic carbocycles. The van der Waals surface area contributed by atoms with Crippen LogP contribution in [0.5, 0.6) is 0 Å². The van der Waals surface area contributed by atoms with E-state index in [-0.39, 0.29) is 36.1 Å². The lowest BCUT2D eigenvalue weighted by molar-refractivity contribution is -0.119. The zero-order valence-corrected chi connectivity index (χ0v) is 13.1. The molecule has 1 atom stereocenters. The number of hydrogen-bond donors (Lipinski definition) is 2. The van der Waals surface area contributed by atoms with Crippen LogP contribution in [0.3, 0.4) is 0 Å².